The molecule has 0 unspecified atom stereocenters. The van der Waals surface area contributed by atoms with Crippen molar-refractivity contribution in [3.05, 3.63) is 29.7 Å². The van der Waals surface area contributed by atoms with Gasteiger partial charge in [0.1, 0.15) is 5.00 Å². The van der Waals surface area contributed by atoms with Crippen molar-refractivity contribution in [2.75, 3.05) is 30.9 Å². The Bertz CT molecular complexity index is 897. The van der Waals surface area contributed by atoms with Crippen LogP contribution in [-0.4, -0.2) is 52.8 Å². The molecular weight excluding hydrogens is 388 g/mol. The molecule has 2 aromatic heterocycles. The molecule has 156 valence electrons. The first-order valence-corrected chi connectivity index (χ1v) is 10.5. The Kier molecular flexibility index (Phi) is 6.36. The minimum atomic E-state index is -0.582. The molecule has 0 bridgehead atoms. The fourth-order valence-corrected chi connectivity index (χ4v) is 4.40. The Morgan fingerprint density at radius 3 is 2.76 bits per heavy atom. The van der Waals surface area contributed by atoms with E-state index in [0.29, 0.717) is 12.1 Å². The Labute approximate surface area is 175 Å². The van der Waals surface area contributed by atoms with Crippen molar-refractivity contribution in [2.45, 2.75) is 39.2 Å². The summed E-state index contributed by atoms with van der Waals surface area (Å²) in [6.45, 7) is 4.94. The SMILES string of the molecule is Cc1cc(Nc2cc(N3CCC[C@@H](CC(=O)N(C)C)[C@H]3C)cnc2C(N)=O)sn1. The largest absolute Gasteiger partial charge is 0.367 e. The van der Waals surface area contributed by atoms with Crippen LogP contribution >= 0.6 is 11.5 Å². The normalized spacial score (nSPS) is 19.1. The number of nitrogens with zero attached hydrogens (tertiary/aromatic N) is 4. The summed E-state index contributed by atoms with van der Waals surface area (Å²) >= 11 is 1.32. The highest BCUT2D eigenvalue weighted by atomic mass is 32.1. The Hall–Kier alpha value is -2.68. The summed E-state index contributed by atoms with van der Waals surface area (Å²) in [5.41, 5.74) is 8.10. The number of hydrogen-bond acceptors (Lipinski definition) is 7. The molecule has 0 aliphatic carbocycles. The van der Waals surface area contributed by atoms with E-state index in [1.54, 1.807) is 25.2 Å². The maximum absolute atomic E-state index is 12.2. The maximum Gasteiger partial charge on any atom is 0.269 e. The van der Waals surface area contributed by atoms with Crippen LogP contribution in [0.15, 0.2) is 18.3 Å². The van der Waals surface area contributed by atoms with Crippen molar-refractivity contribution in [3.8, 4) is 0 Å². The number of nitrogens with one attached hydrogen (secondary N) is 1. The van der Waals surface area contributed by atoms with Crippen LogP contribution in [0.3, 0.4) is 0 Å². The molecule has 0 aromatic carbocycles. The van der Waals surface area contributed by atoms with Crippen LogP contribution in [0.4, 0.5) is 16.4 Å². The molecule has 2 aromatic rings. The van der Waals surface area contributed by atoms with Crippen LogP contribution in [-0.2, 0) is 4.79 Å². The maximum atomic E-state index is 12.2. The van der Waals surface area contributed by atoms with E-state index in [9.17, 15) is 9.59 Å². The lowest BCUT2D eigenvalue weighted by Gasteiger charge is -2.41. The Morgan fingerprint density at radius 2 is 2.14 bits per heavy atom. The monoisotopic (exact) mass is 416 g/mol. The lowest BCUT2D eigenvalue weighted by Crippen LogP contribution is -2.45. The molecule has 0 saturated carbocycles. The van der Waals surface area contributed by atoms with Gasteiger partial charge >= 0.3 is 0 Å². The summed E-state index contributed by atoms with van der Waals surface area (Å²) in [5, 5.41) is 4.06. The molecular formula is C20H28N6O2S. The number of piperidine rings is 1. The molecule has 2 amide bonds. The molecule has 9 heteroatoms. The highest BCUT2D eigenvalue weighted by molar-refractivity contribution is 7.10. The molecule has 1 fully saturated rings. The van der Waals surface area contributed by atoms with Crippen molar-refractivity contribution < 1.29 is 9.59 Å². The number of aromatic nitrogens is 2. The summed E-state index contributed by atoms with van der Waals surface area (Å²) in [6.07, 6.45) is 4.25. The summed E-state index contributed by atoms with van der Waals surface area (Å²) in [7, 11) is 3.58. The number of pyridine rings is 1. The molecule has 8 nitrogen and oxygen atoms in total. The minimum absolute atomic E-state index is 0.147. The highest BCUT2D eigenvalue weighted by Gasteiger charge is 2.30. The van der Waals surface area contributed by atoms with Gasteiger partial charge in [-0.05, 0) is 56.3 Å². The van der Waals surface area contributed by atoms with E-state index in [1.165, 1.54) is 11.5 Å². The van der Waals surface area contributed by atoms with E-state index in [2.05, 4.69) is 26.5 Å². The van der Waals surface area contributed by atoms with E-state index >= 15 is 0 Å². The van der Waals surface area contributed by atoms with E-state index in [-0.39, 0.29) is 23.6 Å². The molecule has 3 rings (SSSR count). The lowest BCUT2D eigenvalue weighted by atomic mass is 9.87. The quantitative estimate of drug-likeness (QED) is 0.750. The van der Waals surface area contributed by atoms with Crippen LogP contribution in [0.1, 0.15) is 42.4 Å². The minimum Gasteiger partial charge on any atom is -0.367 e. The van der Waals surface area contributed by atoms with E-state index in [1.807, 2.05) is 19.1 Å². The molecule has 1 aliphatic heterocycles. The standard InChI is InChI=1S/C20H28N6O2S/c1-12-8-17(29-24-12)23-16-10-15(11-22-19(16)20(21)28)26-7-5-6-14(13(26)2)9-18(27)25(3)4/h8,10-11,13-14,23H,5-7,9H2,1-4H3,(H2,21,28)/t13-,14+/m1/s1. The lowest BCUT2D eigenvalue weighted by molar-refractivity contribution is -0.130. The van der Waals surface area contributed by atoms with E-state index in [0.717, 1.165) is 35.8 Å². The summed E-state index contributed by atoms with van der Waals surface area (Å²) in [5.74, 6) is -0.162. The predicted molar refractivity (Wildman–Crippen MR) is 116 cm³/mol. The van der Waals surface area contributed by atoms with Crippen LogP contribution in [0.25, 0.3) is 0 Å². The zero-order valence-corrected chi connectivity index (χ0v) is 18.1. The summed E-state index contributed by atoms with van der Waals surface area (Å²) < 4.78 is 4.26. The third-order valence-corrected chi connectivity index (χ3v) is 6.20. The average molecular weight is 417 g/mol. The average Bonchev–Trinajstić information content (AvgIpc) is 3.07. The highest BCUT2D eigenvalue weighted by Crippen LogP contribution is 2.33. The zero-order valence-electron chi connectivity index (χ0n) is 17.3. The second-order valence-electron chi connectivity index (χ2n) is 7.74. The van der Waals surface area contributed by atoms with Gasteiger partial charge in [0.15, 0.2) is 5.69 Å². The number of carbonyl (C=O) groups excluding carboxylic acids is 2. The molecule has 3 heterocycles. The second kappa shape index (κ2) is 8.77. The number of carbonyl (C=O) groups is 2. The smallest absolute Gasteiger partial charge is 0.269 e. The van der Waals surface area contributed by atoms with Gasteiger partial charge in [-0.3, -0.25) is 9.59 Å². The molecule has 29 heavy (non-hydrogen) atoms. The Balaban J connectivity index is 1.86. The van der Waals surface area contributed by atoms with Crippen molar-refractivity contribution in [1.29, 1.82) is 0 Å². The van der Waals surface area contributed by atoms with Gasteiger partial charge in [-0.25, -0.2) is 4.98 Å². The van der Waals surface area contributed by atoms with Gasteiger partial charge < -0.3 is 20.9 Å². The van der Waals surface area contributed by atoms with Crippen molar-refractivity contribution >= 4 is 39.7 Å². The molecule has 1 saturated heterocycles. The predicted octanol–water partition coefficient (Wildman–Crippen LogP) is 2.77. The van der Waals surface area contributed by atoms with E-state index < -0.39 is 5.91 Å². The van der Waals surface area contributed by atoms with Crippen molar-refractivity contribution in [1.82, 2.24) is 14.3 Å². The number of anilines is 3. The van der Waals surface area contributed by atoms with Gasteiger partial charge in [-0.15, -0.1) is 0 Å². The van der Waals surface area contributed by atoms with Crippen molar-refractivity contribution in [2.24, 2.45) is 11.7 Å². The van der Waals surface area contributed by atoms with Gasteiger partial charge in [-0.2, -0.15) is 4.37 Å². The Morgan fingerprint density at radius 1 is 1.38 bits per heavy atom. The number of aryl methyl sites for hydroxylation is 1. The topological polar surface area (TPSA) is 104 Å². The molecule has 0 radical (unpaired) electrons. The van der Waals surface area contributed by atoms with Crippen molar-refractivity contribution in [3.63, 3.8) is 0 Å². The molecule has 1 aliphatic rings. The number of hydrogen-bond donors (Lipinski definition) is 2. The van der Waals surface area contributed by atoms with Gasteiger partial charge in [0.2, 0.25) is 5.91 Å². The second-order valence-corrected chi connectivity index (χ2v) is 8.55. The molecule has 0 spiro atoms. The summed E-state index contributed by atoms with van der Waals surface area (Å²) in [6, 6.07) is 4.01. The third-order valence-electron chi connectivity index (χ3n) is 5.41. The fraction of sp³-hybridized carbons (Fsp3) is 0.500. The zero-order chi connectivity index (χ0) is 21.1. The molecule has 2 atom stereocenters. The van der Waals surface area contributed by atoms with Gasteiger partial charge in [0.05, 0.1) is 23.3 Å². The first-order chi connectivity index (χ1) is 13.8. The van der Waals surface area contributed by atoms with Crippen LogP contribution < -0.4 is 16.0 Å². The molecule has 3 N–H and O–H groups in total. The van der Waals surface area contributed by atoms with Crippen LogP contribution in [0.2, 0.25) is 0 Å². The van der Waals surface area contributed by atoms with Crippen LogP contribution in [0.5, 0.6) is 0 Å². The van der Waals surface area contributed by atoms with Gasteiger partial charge in [-0.1, -0.05) is 0 Å². The third kappa shape index (κ3) is 4.84. The number of rotatable bonds is 6. The van der Waals surface area contributed by atoms with E-state index in [4.69, 9.17) is 5.73 Å². The van der Waals surface area contributed by atoms with Gasteiger partial charge in [0, 0.05) is 33.1 Å². The number of nitrogens with two attached hydrogens (primary N) is 1. The van der Waals surface area contributed by atoms with Gasteiger partial charge in [0.25, 0.3) is 5.91 Å². The fourth-order valence-electron chi connectivity index (χ4n) is 3.72. The first kappa shape index (κ1) is 21.0. The number of amides is 2. The number of primary amides is 1. The van der Waals surface area contributed by atoms with Crippen LogP contribution in [0, 0.1) is 12.8 Å². The first-order valence-electron chi connectivity index (χ1n) is 9.73. The summed E-state index contributed by atoms with van der Waals surface area (Å²) in [4.78, 5) is 32.3.